The van der Waals surface area contributed by atoms with E-state index in [1.54, 1.807) is 6.20 Å². The van der Waals surface area contributed by atoms with Crippen molar-refractivity contribution in [3.05, 3.63) is 18.2 Å². The molecule has 6 heteroatoms. The number of rotatable bonds is 3. The van der Waals surface area contributed by atoms with Gasteiger partial charge in [-0.05, 0) is 38.3 Å². The molecular formula is C15H24N4O2. The molecule has 21 heavy (non-hydrogen) atoms. The smallest absolute Gasteiger partial charge is 0.239 e. The van der Waals surface area contributed by atoms with Gasteiger partial charge in [0.2, 0.25) is 5.91 Å². The second kappa shape index (κ2) is 5.77. The van der Waals surface area contributed by atoms with Crippen LogP contribution in [0.15, 0.2) is 12.4 Å². The summed E-state index contributed by atoms with van der Waals surface area (Å²) in [7, 11) is 3.79. The van der Waals surface area contributed by atoms with Gasteiger partial charge in [0.1, 0.15) is 11.9 Å². The van der Waals surface area contributed by atoms with Gasteiger partial charge in [0.15, 0.2) is 0 Å². The molecule has 3 heterocycles. The van der Waals surface area contributed by atoms with Crippen LogP contribution in [0, 0.1) is 5.92 Å². The predicted molar refractivity (Wildman–Crippen MR) is 78.5 cm³/mol. The van der Waals surface area contributed by atoms with Crippen LogP contribution in [-0.2, 0) is 11.8 Å². The molecule has 1 N–H and O–H groups in total. The number of nitrogens with zero attached hydrogens (tertiary/aromatic N) is 4. The third kappa shape index (κ3) is 2.70. The summed E-state index contributed by atoms with van der Waals surface area (Å²) in [6.07, 6.45) is 5.85. The van der Waals surface area contributed by atoms with Gasteiger partial charge < -0.3 is 14.6 Å². The topological polar surface area (TPSA) is 61.6 Å². The van der Waals surface area contributed by atoms with E-state index in [4.69, 9.17) is 0 Å². The SMILES string of the molecule is CN1CCC(N2CCC(C(O)c3nccn3C)CC2)C1=O. The first-order valence-corrected chi connectivity index (χ1v) is 7.72. The first kappa shape index (κ1) is 14.5. The van der Waals surface area contributed by atoms with Gasteiger partial charge in [-0.25, -0.2) is 4.98 Å². The van der Waals surface area contributed by atoms with Crippen molar-refractivity contribution in [3.63, 3.8) is 0 Å². The van der Waals surface area contributed by atoms with Gasteiger partial charge in [-0.1, -0.05) is 0 Å². The first-order chi connectivity index (χ1) is 10.1. The Hall–Kier alpha value is -1.40. The van der Waals surface area contributed by atoms with Crippen LogP contribution in [-0.4, -0.2) is 63.1 Å². The van der Waals surface area contributed by atoms with Crippen molar-refractivity contribution in [2.45, 2.75) is 31.4 Å². The van der Waals surface area contributed by atoms with E-state index in [-0.39, 0.29) is 17.9 Å². The second-order valence-electron chi connectivity index (χ2n) is 6.28. The molecule has 0 aromatic carbocycles. The number of aromatic nitrogens is 2. The monoisotopic (exact) mass is 292 g/mol. The van der Waals surface area contributed by atoms with Crippen molar-refractivity contribution >= 4 is 5.91 Å². The lowest BCUT2D eigenvalue weighted by atomic mass is 9.90. The highest BCUT2D eigenvalue weighted by Crippen LogP contribution is 2.31. The average molecular weight is 292 g/mol. The number of carbonyl (C=O) groups excluding carboxylic acids is 1. The second-order valence-corrected chi connectivity index (χ2v) is 6.28. The molecule has 116 valence electrons. The number of hydrogen-bond acceptors (Lipinski definition) is 4. The number of amides is 1. The van der Waals surface area contributed by atoms with Crippen LogP contribution in [0.25, 0.3) is 0 Å². The summed E-state index contributed by atoms with van der Waals surface area (Å²) in [6.45, 7) is 2.63. The molecule has 0 radical (unpaired) electrons. The molecule has 2 saturated heterocycles. The Labute approximate surface area is 125 Å². The minimum Gasteiger partial charge on any atom is -0.385 e. The Bertz CT molecular complexity index is 508. The lowest BCUT2D eigenvalue weighted by molar-refractivity contribution is -0.131. The van der Waals surface area contributed by atoms with Crippen molar-refractivity contribution in [1.82, 2.24) is 19.4 Å². The maximum absolute atomic E-state index is 12.1. The van der Waals surface area contributed by atoms with Gasteiger partial charge >= 0.3 is 0 Å². The number of aliphatic hydroxyl groups is 1. The molecule has 1 aromatic rings. The molecule has 1 aromatic heterocycles. The summed E-state index contributed by atoms with van der Waals surface area (Å²) < 4.78 is 1.88. The Morgan fingerprint density at radius 2 is 1.95 bits per heavy atom. The van der Waals surface area contributed by atoms with Crippen LogP contribution in [0.3, 0.4) is 0 Å². The average Bonchev–Trinajstić information content (AvgIpc) is 3.06. The van der Waals surface area contributed by atoms with E-state index in [0.717, 1.165) is 44.7 Å². The summed E-state index contributed by atoms with van der Waals surface area (Å²) >= 11 is 0. The molecule has 0 bridgehead atoms. The highest BCUT2D eigenvalue weighted by atomic mass is 16.3. The number of likely N-dealkylation sites (tertiary alicyclic amines) is 2. The number of aliphatic hydroxyl groups excluding tert-OH is 1. The number of piperidine rings is 1. The predicted octanol–water partition coefficient (Wildman–Crippen LogP) is 0.396. The number of aryl methyl sites for hydroxylation is 1. The number of likely N-dealkylation sites (N-methyl/N-ethyl adjacent to an activating group) is 1. The Morgan fingerprint density at radius 1 is 1.24 bits per heavy atom. The van der Waals surface area contributed by atoms with Gasteiger partial charge in [0.25, 0.3) is 0 Å². The summed E-state index contributed by atoms with van der Waals surface area (Å²) in [4.78, 5) is 20.4. The molecule has 0 aliphatic carbocycles. The van der Waals surface area contributed by atoms with E-state index < -0.39 is 6.10 Å². The van der Waals surface area contributed by atoms with Crippen LogP contribution >= 0.6 is 0 Å². The quantitative estimate of drug-likeness (QED) is 0.876. The number of hydrogen-bond donors (Lipinski definition) is 1. The summed E-state index contributed by atoms with van der Waals surface area (Å²) in [5.41, 5.74) is 0. The van der Waals surface area contributed by atoms with Crippen LogP contribution in [0.2, 0.25) is 0 Å². The van der Waals surface area contributed by atoms with E-state index in [2.05, 4.69) is 9.88 Å². The maximum Gasteiger partial charge on any atom is 0.239 e. The third-order valence-electron chi connectivity index (χ3n) is 4.98. The molecular weight excluding hydrogens is 268 g/mol. The van der Waals surface area contributed by atoms with Gasteiger partial charge in [-0.2, -0.15) is 0 Å². The fourth-order valence-corrected chi connectivity index (χ4v) is 3.56. The first-order valence-electron chi connectivity index (χ1n) is 7.72. The molecule has 2 aliphatic rings. The zero-order valence-electron chi connectivity index (χ0n) is 12.8. The van der Waals surface area contributed by atoms with E-state index in [9.17, 15) is 9.90 Å². The van der Waals surface area contributed by atoms with Gasteiger partial charge in [0.05, 0.1) is 6.04 Å². The maximum atomic E-state index is 12.1. The molecule has 2 unspecified atom stereocenters. The zero-order valence-corrected chi connectivity index (χ0v) is 12.8. The summed E-state index contributed by atoms with van der Waals surface area (Å²) in [6, 6.07) is 0.0567. The molecule has 3 rings (SSSR count). The van der Waals surface area contributed by atoms with Crippen molar-refractivity contribution < 1.29 is 9.90 Å². The molecule has 2 atom stereocenters. The lowest BCUT2D eigenvalue weighted by Crippen LogP contribution is -2.46. The van der Waals surface area contributed by atoms with E-state index in [0.29, 0.717) is 0 Å². The van der Waals surface area contributed by atoms with E-state index in [1.165, 1.54) is 0 Å². The Balaban J connectivity index is 1.58. The van der Waals surface area contributed by atoms with Crippen LogP contribution in [0.5, 0.6) is 0 Å². The highest BCUT2D eigenvalue weighted by Gasteiger charge is 2.37. The van der Waals surface area contributed by atoms with Crippen molar-refractivity contribution in [2.75, 3.05) is 26.7 Å². The van der Waals surface area contributed by atoms with E-state index >= 15 is 0 Å². The molecule has 6 nitrogen and oxygen atoms in total. The lowest BCUT2D eigenvalue weighted by Gasteiger charge is -2.36. The number of imidazole rings is 1. The Morgan fingerprint density at radius 3 is 2.48 bits per heavy atom. The van der Waals surface area contributed by atoms with Gasteiger partial charge in [-0.3, -0.25) is 9.69 Å². The zero-order chi connectivity index (χ0) is 15.0. The van der Waals surface area contributed by atoms with Gasteiger partial charge in [0, 0.05) is 33.0 Å². The normalized spacial score (nSPS) is 26.5. The van der Waals surface area contributed by atoms with Crippen molar-refractivity contribution in [1.29, 1.82) is 0 Å². The minimum atomic E-state index is -0.505. The van der Waals surface area contributed by atoms with Crippen molar-refractivity contribution in [3.8, 4) is 0 Å². The third-order valence-corrected chi connectivity index (χ3v) is 4.98. The van der Waals surface area contributed by atoms with Gasteiger partial charge in [-0.15, -0.1) is 0 Å². The molecule has 2 aliphatic heterocycles. The van der Waals surface area contributed by atoms with Crippen molar-refractivity contribution in [2.24, 2.45) is 13.0 Å². The Kier molecular flexibility index (Phi) is 3.99. The summed E-state index contributed by atoms with van der Waals surface area (Å²) in [5, 5.41) is 10.5. The molecule has 2 fully saturated rings. The highest BCUT2D eigenvalue weighted by molar-refractivity contribution is 5.83. The van der Waals surface area contributed by atoms with Crippen LogP contribution < -0.4 is 0 Å². The molecule has 0 spiro atoms. The summed E-state index contributed by atoms with van der Waals surface area (Å²) in [5.74, 6) is 1.22. The molecule has 1 amide bonds. The number of carbonyl (C=O) groups is 1. The molecule has 0 saturated carbocycles. The minimum absolute atomic E-state index is 0.0567. The fraction of sp³-hybridized carbons (Fsp3) is 0.733. The fourth-order valence-electron chi connectivity index (χ4n) is 3.56. The van der Waals surface area contributed by atoms with Crippen LogP contribution in [0.4, 0.5) is 0 Å². The standard InChI is InChI=1S/C15H24N4O2/c1-17-10-6-16-14(17)13(20)11-3-8-19(9-4-11)12-5-7-18(2)15(12)21/h6,10-13,20H,3-5,7-9H2,1-2H3. The largest absolute Gasteiger partial charge is 0.385 e. The van der Waals surface area contributed by atoms with E-state index in [1.807, 2.05) is 29.8 Å². The van der Waals surface area contributed by atoms with Crippen LogP contribution in [0.1, 0.15) is 31.2 Å².